The fraction of sp³-hybridized carbons (Fsp3) is 0.526. The minimum Gasteiger partial charge on any atom is -0.313 e. The molecule has 0 aliphatic carbocycles. The first-order valence-electron chi connectivity index (χ1n) is 9.28. The molecule has 3 rings (SSSR count). The number of rotatable bonds is 8. The van der Waals surface area contributed by atoms with Crippen LogP contribution in [-0.2, 0) is 11.2 Å². The number of carbonyl (C=O) groups is 1. The van der Waals surface area contributed by atoms with E-state index in [1.807, 2.05) is 6.20 Å². The quantitative estimate of drug-likeness (QED) is 0.755. The molecular formula is C19H26N6O. The molecule has 0 spiro atoms. The third-order valence-corrected chi connectivity index (χ3v) is 5.01. The highest BCUT2D eigenvalue weighted by Crippen LogP contribution is 2.30. The van der Waals surface area contributed by atoms with Crippen LogP contribution in [0.2, 0.25) is 0 Å². The van der Waals surface area contributed by atoms with Gasteiger partial charge < -0.3 is 5.32 Å². The summed E-state index contributed by atoms with van der Waals surface area (Å²) in [5.74, 6) is 0.637. The van der Waals surface area contributed by atoms with Gasteiger partial charge in [0.15, 0.2) is 5.82 Å². The van der Waals surface area contributed by atoms with Gasteiger partial charge in [-0.3, -0.25) is 9.78 Å². The van der Waals surface area contributed by atoms with E-state index in [-0.39, 0.29) is 17.6 Å². The Morgan fingerprint density at radius 2 is 2.23 bits per heavy atom. The lowest BCUT2D eigenvalue weighted by molar-refractivity contribution is -0.121. The minimum absolute atomic E-state index is 0.0844. The summed E-state index contributed by atoms with van der Waals surface area (Å²) in [4.78, 5) is 16.9. The van der Waals surface area contributed by atoms with Crippen LogP contribution in [0.25, 0.3) is 5.57 Å². The zero-order chi connectivity index (χ0) is 18.4. The van der Waals surface area contributed by atoms with Gasteiger partial charge in [-0.25, -0.2) is 5.10 Å². The molecule has 2 aromatic rings. The second kappa shape index (κ2) is 8.80. The summed E-state index contributed by atoms with van der Waals surface area (Å²) in [6.45, 7) is 5.66. The number of pyridine rings is 1. The summed E-state index contributed by atoms with van der Waals surface area (Å²) >= 11 is 0. The van der Waals surface area contributed by atoms with Crippen LogP contribution in [0, 0.1) is 5.92 Å². The van der Waals surface area contributed by atoms with Crippen molar-refractivity contribution in [1.29, 1.82) is 0 Å². The number of nitrogens with one attached hydrogen (secondary N) is 2. The molecule has 1 aliphatic rings. The van der Waals surface area contributed by atoms with Crippen molar-refractivity contribution >= 4 is 11.4 Å². The van der Waals surface area contributed by atoms with Gasteiger partial charge in [0.1, 0.15) is 5.78 Å². The molecule has 138 valence electrons. The summed E-state index contributed by atoms with van der Waals surface area (Å²) < 4.78 is 0. The highest BCUT2D eigenvalue weighted by molar-refractivity contribution is 5.79. The second-order valence-corrected chi connectivity index (χ2v) is 6.82. The van der Waals surface area contributed by atoms with Crippen molar-refractivity contribution in [2.24, 2.45) is 5.92 Å². The van der Waals surface area contributed by atoms with Crippen LogP contribution < -0.4 is 5.32 Å². The number of Topliss-reactive ketones (excluding diaryl/α,β-unsaturated/α-hetero) is 1. The van der Waals surface area contributed by atoms with Gasteiger partial charge >= 0.3 is 0 Å². The van der Waals surface area contributed by atoms with E-state index in [4.69, 9.17) is 0 Å². The number of hydrogen-bond donors (Lipinski definition) is 2. The minimum atomic E-state index is -0.108. The SMILES string of the molecule is CCC[C@H](C(C)=O)[C@H](Cc1ccc(C2=CCNCC2)cn1)c1nnn[nH]1. The van der Waals surface area contributed by atoms with Crippen molar-refractivity contribution in [1.82, 2.24) is 30.9 Å². The van der Waals surface area contributed by atoms with Crippen LogP contribution in [0.4, 0.5) is 0 Å². The maximum Gasteiger partial charge on any atom is 0.152 e. The van der Waals surface area contributed by atoms with Crippen molar-refractivity contribution in [3.05, 3.63) is 41.5 Å². The molecule has 2 aromatic heterocycles. The second-order valence-electron chi connectivity index (χ2n) is 6.82. The molecule has 0 saturated carbocycles. The van der Waals surface area contributed by atoms with Crippen molar-refractivity contribution in [3.63, 3.8) is 0 Å². The molecule has 0 unspecified atom stereocenters. The Morgan fingerprint density at radius 1 is 1.35 bits per heavy atom. The van der Waals surface area contributed by atoms with Gasteiger partial charge in [0, 0.05) is 36.7 Å². The van der Waals surface area contributed by atoms with E-state index < -0.39 is 0 Å². The van der Waals surface area contributed by atoms with Crippen LogP contribution in [0.3, 0.4) is 0 Å². The lowest BCUT2D eigenvalue weighted by Crippen LogP contribution is -2.24. The standard InChI is InChI=1S/C19H26N6O/c1-3-4-17(13(2)26)18(19-22-24-25-23-19)11-16-6-5-15(12-21-16)14-7-9-20-10-8-14/h5-7,12,17-18,20H,3-4,8-11H2,1-2H3,(H,22,23,24,25)/t17-,18+/m1/s1. The van der Waals surface area contributed by atoms with E-state index in [0.29, 0.717) is 12.2 Å². The number of ketones is 1. The van der Waals surface area contributed by atoms with Gasteiger partial charge in [-0.05, 0) is 53.9 Å². The van der Waals surface area contributed by atoms with Crippen LogP contribution >= 0.6 is 0 Å². The number of carbonyl (C=O) groups excluding carboxylic acids is 1. The van der Waals surface area contributed by atoms with Gasteiger partial charge in [-0.15, -0.1) is 5.10 Å². The summed E-state index contributed by atoms with van der Waals surface area (Å²) in [6.07, 6.45) is 7.58. The highest BCUT2D eigenvalue weighted by atomic mass is 16.1. The Labute approximate surface area is 153 Å². The van der Waals surface area contributed by atoms with Gasteiger partial charge in [0.25, 0.3) is 0 Å². The topological polar surface area (TPSA) is 96.5 Å². The van der Waals surface area contributed by atoms with E-state index in [1.165, 1.54) is 11.1 Å². The van der Waals surface area contributed by atoms with Gasteiger partial charge in [0.05, 0.1) is 0 Å². The van der Waals surface area contributed by atoms with E-state index in [9.17, 15) is 4.79 Å². The molecule has 0 amide bonds. The Kier molecular flexibility index (Phi) is 6.22. The van der Waals surface area contributed by atoms with E-state index in [0.717, 1.165) is 38.0 Å². The Hall–Kier alpha value is -2.41. The molecule has 0 bridgehead atoms. The van der Waals surface area contributed by atoms with Gasteiger partial charge in [0.2, 0.25) is 0 Å². The number of tetrazole rings is 1. The summed E-state index contributed by atoms with van der Waals surface area (Å²) in [6, 6.07) is 4.18. The summed E-state index contributed by atoms with van der Waals surface area (Å²) in [7, 11) is 0. The first-order valence-corrected chi connectivity index (χ1v) is 9.28. The molecule has 0 radical (unpaired) electrons. The summed E-state index contributed by atoms with van der Waals surface area (Å²) in [5.41, 5.74) is 3.46. The fourth-order valence-corrected chi connectivity index (χ4v) is 3.60. The van der Waals surface area contributed by atoms with Crippen LogP contribution in [-0.4, -0.2) is 44.5 Å². The molecule has 26 heavy (non-hydrogen) atoms. The Morgan fingerprint density at radius 3 is 2.81 bits per heavy atom. The Balaban J connectivity index is 1.80. The van der Waals surface area contributed by atoms with Crippen LogP contribution in [0.1, 0.15) is 56.1 Å². The lowest BCUT2D eigenvalue weighted by Gasteiger charge is -2.22. The number of hydrogen-bond acceptors (Lipinski definition) is 6. The average molecular weight is 354 g/mol. The summed E-state index contributed by atoms with van der Waals surface area (Å²) in [5, 5.41) is 17.6. The van der Waals surface area contributed by atoms with Crippen LogP contribution in [0.15, 0.2) is 24.4 Å². The number of nitrogens with zero attached hydrogens (tertiary/aromatic N) is 4. The monoisotopic (exact) mass is 354 g/mol. The third-order valence-electron chi connectivity index (χ3n) is 5.01. The molecule has 2 N–H and O–H groups in total. The average Bonchev–Trinajstić information content (AvgIpc) is 3.20. The molecule has 2 atom stereocenters. The van der Waals surface area contributed by atoms with Crippen LogP contribution in [0.5, 0.6) is 0 Å². The number of aromatic nitrogens is 5. The number of H-pyrrole nitrogens is 1. The molecule has 7 heteroatoms. The maximum absolute atomic E-state index is 12.2. The first-order chi connectivity index (χ1) is 12.7. The van der Waals surface area contributed by atoms with E-state index in [1.54, 1.807) is 6.92 Å². The van der Waals surface area contributed by atoms with Gasteiger partial charge in [-0.2, -0.15) is 0 Å². The predicted molar refractivity (Wildman–Crippen MR) is 99.4 cm³/mol. The number of aromatic amines is 1. The maximum atomic E-state index is 12.2. The molecule has 1 aliphatic heterocycles. The highest BCUT2D eigenvalue weighted by Gasteiger charge is 2.29. The largest absolute Gasteiger partial charge is 0.313 e. The normalized spacial score (nSPS) is 16.8. The van der Waals surface area contributed by atoms with Crippen molar-refractivity contribution in [2.45, 2.75) is 45.4 Å². The van der Waals surface area contributed by atoms with Crippen molar-refractivity contribution < 1.29 is 4.79 Å². The zero-order valence-electron chi connectivity index (χ0n) is 15.4. The predicted octanol–water partition coefficient (Wildman–Crippen LogP) is 2.30. The van der Waals surface area contributed by atoms with Crippen molar-refractivity contribution in [2.75, 3.05) is 13.1 Å². The smallest absolute Gasteiger partial charge is 0.152 e. The van der Waals surface area contributed by atoms with Crippen molar-refractivity contribution in [3.8, 4) is 0 Å². The molecule has 0 fully saturated rings. The molecule has 0 aromatic carbocycles. The van der Waals surface area contributed by atoms with E-state index in [2.05, 4.69) is 56.1 Å². The van der Waals surface area contributed by atoms with Gasteiger partial charge in [-0.1, -0.05) is 25.5 Å². The molecule has 3 heterocycles. The van der Waals surface area contributed by atoms with E-state index >= 15 is 0 Å². The zero-order valence-corrected chi connectivity index (χ0v) is 15.4. The first kappa shape index (κ1) is 18.4. The fourth-order valence-electron chi connectivity index (χ4n) is 3.60. The molecule has 7 nitrogen and oxygen atoms in total. The molecular weight excluding hydrogens is 328 g/mol. The third kappa shape index (κ3) is 4.40. The lowest BCUT2D eigenvalue weighted by atomic mass is 9.82. The molecule has 0 saturated heterocycles. The Bertz CT molecular complexity index is 738.